The molecule has 0 saturated carbocycles. The summed E-state index contributed by atoms with van der Waals surface area (Å²) in [4.78, 5) is 0. The number of aryl methyl sites for hydroxylation is 1. The molecule has 2 heteroatoms. The van der Waals surface area contributed by atoms with Crippen LogP contribution in [0.5, 0.6) is 5.75 Å². The Kier molecular flexibility index (Phi) is 5.68. The molecule has 0 bridgehead atoms. The van der Waals surface area contributed by atoms with E-state index >= 15 is 0 Å². The lowest BCUT2D eigenvalue weighted by molar-refractivity contribution is 0.404. The van der Waals surface area contributed by atoms with Gasteiger partial charge < -0.3 is 4.74 Å². The van der Waals surface area contributed by atoms with Gasteiger partial charge in [0.25, 0.3) is 0 Å². The van der Waals surface area contributed by atoms with Crippen LogP contribution in [0.15, 0.2) is 18.2 Å². The zero-order valence-electron chi connectivity index (χ0n) is 10.4. The van der Waals surface area contributed by atoms with E-state index in [4.69, 9.17) is 16.3 Å². The zero-order chi connectivity index (χ0) is 12.0. The molecule has 1 nitrogen and oxygen atoms in total. The van der Waals surface area contributed by atoms with E-state index in [1.807, 2.05) is 6.07 Å². The molecule has 0 aliphatic carbocycles. The lowest BCUT2D eigenvalue weighted by Gasteiger charge is -2.15. The van der Waals surface area contributed by atoms with Crippen molar-refractivity contribution in [1.29, 1.82) is 0 Å². The van der Waals surface area contributed by atoms with E-state index in [0.717, 1.165) is 18.1 Å². The Morgan fingerprint density at radius 2 is 2.12 bits per heavy atom. The fraction of sp³-hybridized carbons (Fsp3) is 0.571. The van der Waals surface area contributed by atoms with Crippen LogP contribution in [0, 0.1) is 12.8 Å². The van der Waals surface area contributed by atoms with E-state index in [-0.39, 0.29) is 0 Å². The van der Waals surface area contributed by atoms with Gasteiger partial charge in [-0.15, -0.1) is 11.6 Å². The van der Waals surface area contributed by atoms with Crippen LogP contribution in [0.1, 0.15) is 30.9 Å². The van der Waals surface area contributed by atoms with Crippen molar-refractivity contribution in [2.24, 2.45) is 5.92 Å². The van der Waals surface area contributed by atoms with Crippen LogP contribution < -0.4 is 4.74 Å². The van der Waals surface area contributed by atoms with Gasteiger partial charge in [-0.3, -0.25) is 0 Å². The molecule has 1 aromatic carbocycles. The maximum absolute atomic E-state index is 5.99. The van der Waals surface area contributed by atoms with Gasteiger partial charge in [0.15, 0.2) is 0 Å². The number of hydrogen-bond acceptors (Lipinski definition) is 1. The van der Waals surface area contributed by atoms with Crippen LogP contribution in [0.4, 0.5) is 0 Å². The van der Waals surface area contributed by atoms with Gasteiger partial charge in [0.2, 0.25) is 0 Å². The highest BCUT2D eigenvalue weighted by Crippen LogP contribution is 2.25. The average Bonchev–Trinajstić information content (AvgIpc) is 2.29. The third kappa shape index (κ3) is 3.71. The van der Waals surface area contributed by atoms with Gasteiger partial charge in [-0.05, 0) is 37.3 Å². The van der Waals surface area contributed by atoms with Crippen LogP contribution >= 0.6 is 11.6 Å². The minimum Gasteiger partial charge on any atom is -0.496 e. The fourth-order valence-electron chi connectivity index (χ4n) is 2.02. The number of halogens is 1. The van der Waals surface area contributed by atoms with Gasteiger partial charge in [-0.2, -0.15) is 0 Å². The lowest BCUT2D eigenvalue weighted by Crippen LogP contribution is -2.07. The lowest BCUT2D eigenvalue weighted by atomic mass is 9.95. The monoisotopic (exact) mass is 240 g/mol. The normalized spacial score (nSPS) is 12.5. The summed E-state index contributed by atoms with van der Waals surface area (Å²) in [6.07, 6.45) is 3.38. The van der Waals surface area contributed by atoms with Crippen LogP contribution in [-0.4, -0.2) is 13.0 Å². The number of benzene rings is 1. The summed E-state index contributed by atoms with van der Waals surface area (Å²) < 4.78 is 5.38. The topological polar surface area (TPSA) is 9.23 Å². The molecular formula is C14H21ClO. The Labute approximate surface area is 104 Å². The molecule has 1 atom stereocenters. The Morgan fingerprint density at radius 1 is 1.38 bits per heavy atom. The molecule has 0 radical (unpaired) electrons. The molecule has 1 aromatic rings. The first-order valence-electron chi connectivity index (χ1n) is 5.90. The van der Waals surface area contributed by atoms with E-state index in [1.165, 1.54) is 24.0 Å². The number of ether oxygens (including phenoxy) is 1. The van der Waals surface area contributed by atoms with E-state index in [0.29, 0.717) is 5.92 Å². The van der Waals surface area contributed by atoms with E-state index in [2.05, 4.69) is 26.0 Å². The first-order valence-corrected chi connectivity index (χ1v) is 6.44. The maximum Gasteiger partial charge on any atom is 0.122 e. The number of methoxy groups -OCH3 is 1. The summed E-state index contributed by atoms with van der Waals surface area (Å²) >= 11 is 5.99. The summed E-state index contributed by atoms with van der Waals surface area (Å²) in [5, 5.41) is 0. The Morgan fingerprint density at radius 3 is 2.69 bits per heavy atom. The van der Waals surface area contributed by atoms with Crippen molar-refractivity contribution in [3.63, 3.8) is 0 Å². The van der Waals surface area contributed by atoms with Crippen LogP contribution in [-0.2, 0) is 6.42 Å². The third-order valence-electron chi connectivity index (χ3n) is 2.86. The van der Waals surface area contributed by atoms with Gasteiger partial charge in [0, 0.05) is 5.88 Å². The van der Waals surface area contributed by atoms with E-state index in [1.54, 1.807) is 7.11 Å². The van der Waals surface area contributed by atoms with Gasteiger partial charge in [0.1, 0.15) is 5.75 Å². The summed E-state index contributed by atoms with van der Waals surface area (Å²) in [5.41, 5.74) is 2.56. The molecule has 0 saturated heterocycles. The minimum atomic E-state index is 0.558. The van der Waals surface area contributed by atoms with Gasteiger partial charge in [0.05, 0.1) is 7.11 Å². The van der Waals surface area contributed by atoms with Crippen LogP contribution in [0.3, 0.4) is 0 Å². The number of hydrogen-bond donors (Lipinski definition) is 0. The average molecular weight is 241 g/mol. The van der Waals surface area contributed by atoms with E-state index in [9.17, 15) is 0 Å². The third-order valence-corrected chi connectivity index (χ3v) is 3.30. The molecular weight excluding hydrogens is 220 g/mol. The van der Waals surface area contributed by atoms with Gasteiger partial charge >= 0.3 is 0 Å². The first-order chi connectivity index (χ1) is 7.71. The van der Waals surface area contributed by atoms with Gasteiger partial charge in [-0.25, -0.2) is 0 Å². The Bertz CT molecular complexity index is 323. The Hall–Kier alpha value is -0.690. The summed E-state index contributed by atoms with van der Waals surface area (Å²) in [7, 11) is 1.73. The van der Waals surface area contributed by atoms with E-state index < -0.39 is 0 Å². The molecule has 0 spiro atoms. The molecule has 1 rings (SSSR count). The van der Waals surface area contributed by atoms with Crippen molar-refractivity contribution < 1.29 is 4.74 Å². The highest BCUT2D eigenvalue weighted by Gasteiger charge is 2.11. The highest BCUT2D eigenvalue weighted by molar-refractivity contribution is 6.18. The predicted octanol–water partition coefficient (Wildman–Crippen LogP) is 4.20. The van der Waals surface area contributed by atoms with Gasteiger partial charge in [-0.1, -0.05) is 31.0 Å². The fourth-order valence-corrected chi connectivity index (χ4v) is 2.28. The molecule has 16 heavy (non-hydrogen) atoms. The van der Waals surface area contributed by atoms with Crippen LogP contribution in [0.25, 0.3) is 0 Å². The van der Waals surface area contributed by atoms with Crippen molar-refractivity contribution in [2.75, 3.05) is 13.0 Å². The largest absolute Gasteiger partial charge is 0.496 e. The molecule has 0 amide bonds. The van der Waals surface area contributed by atoms with Crippen molar-refractivity contribution in [3.05, 3.63) is 29.3 Å². The number of alkyl halides is 1. The maximum atomic E-state index is 5.99. The smallest absolute Gasteiger partial charge is 0.122 e. The standard InChI is InChI=1S/C14H21ClO/c1-4-5-12(10-15)9-13-8-11(2)6-7-14(13)16-3/h6-8,12H,4-5,9-10H2,1-3H3. The van der Waals surface area contributed by atoms with Crippen molar-refractivity contribution in [3.8, 4) is 5.75 Å². The molecule has 0 heterocycles. The molecule has 0 aliphatic rings. The quantitative estimate of drug-likeness (QED) is 0.678. The zero-order valence-corrected chi connectivity index (χ0v) is 11.2. The second kappa shape index (κ2) is 6.80. The highest BCUT2D eigenvalue weighted by atomic mass is 35.5. The number of rotatable bonds is 6. The SMILES string of the molecule is CCCC(CCl)Cc1cc(C)ccc1OC. The van der Waals surface area contributed by atoms with Crippen molar-refractivity contribution >= 4 is 11.6 Å². The predicted molar refractivity (Wildman–Crippen MR) is 70.6 cm³/mol. The van der Waals surface area contributed by atoms with Crippen LogP contribution in [0.2, 0.25) is 0 Å². The molecule has 0 aliphatic heterocycles. The molecule has 0 N–H and O–H groups in total. The first kappa shape index (κ1) is 13.4. The molecule has 0 aromatic heterocycles. The second-order valence-corrected chi connectivity index (χ2v) is 4.64. The van der Waals surface area contributed by atoms with Crippen molar-refractivity contribution in [1.82, 2.24) is 0 Å². The molecule has 90 valence electrons. The summed E-state index contributed by atoms with van der Waals surface area (Å²) in [5.74, 6) is 2.27. The minimum absolute atomic E-state index is 0.558. The Balaban J connectivity index is 2.80. The molecule has 1 unspecified atom stereocenters. The summed E-state index contributed by atoms with van der Waals surface area (Å²) in [6, 6.07) is 6.33. The second-order valence-electron chi connectivity index (χ2n) is 4.33. The van der Waals surface area contributed by atoms with Crippen molar-refractivity contribution in [2.45, 2.75) is 33.1 Å². The molecule has 0 fully saturated rings. The summed E-state index contributed by atoms with van der Waals surface area (Å²) in [6.45, 7) is 4.31.